The van der Waals surface area contributed by atoms with E-state index in [-0.39, 0.29) is 34.5 Å². The zero-order valence-electron chi connectivity index (χ0n) is 16.8. The first kappa shape index (κ1) is 23.8. The van der Waals surface area contributed by atoms with E-state index in [0.717, 1.165) is 41.1 Å². The molecule has 0 saturated heterocycles. The Balaban J connectivity index is 2.10. The fourth-order valence-electron chi connectivity index (χ4n) is 3.15. The van der Waals surface area contributed by atoms with Crippen molar-refractivity contribution >= 4 is 28.3 Å². The lowest BCUT2D eigenvalue weighted by molar-refractivity contribution is -0.138. The van der Waals surface area contributed by atoms with Gasteiger partial charge in [-0.1, -0.05) is 18.2 Å². The minimum Gasteiger partial charge on any atom is -0.515 e. The molecular weight excluding hydrogens is 454 g/mol. The summed E-state index contributed by atoms with van der Waals surface area (Å²) in [6, 6.07) is 7.08. The highest BCUT2D eigenvalue weighted by Crippen LogP contribution is 2.37. The number of nitrogens with zero attached hydrogens (tertiary/aromatic N) is 2. The van der Waals surface area contributed by atoms with Crippen LogP contribution in [-0.4, -0.2) is 26.5 Å². The normalized spacial score (nSPS) is 12.8. The van der Waals surface area contributed by atoms with Crippen LogP contribution in [0, 0.1) is 5.41 Å². The highest BCUT2D eigenvalue weighted by atomic mass is 19.4. The van der Waals surface area contributed by atoms with Crippen molar-refractivity contribution in [3.8, 4) is 0 Å². The molecule has 1 amide bonds. The third-order valence-corrected chi connectivity index (χ3v) is 4.70. The van der Waals surface area contributed by atoms with Crippen LogP contribution in [0.5, 0.6) is 0 Å². The maximum atomic E-state index is 13.7. The van der Waals surface area contributed by atoms with Gasteiger partial charge in [0.15, 0.2) is 5.82 Å². The summed E-state index contributed by atoms with van der Waals surface area (Å²) < 4.78 is 80.3. The number of amides is 1. The molecule has 0 spiro atoms. The summed E-state index contributed by atoms with van der Waals surface area (Å²) in [5.74, 6) is -1.24. The number of aliphatic hydroxyl groups is 1. The third-order valence-electron chi connectivity index (χ3n) is 4.70. The maximum absolute atomic E-state index is 13.7. The number of hydrogen-bond donors (Lipinski definition) is 3. The van der Waals surface area contributed by atoms with Crippen molar-refractivity contribution in [1.82, 2.24) is 9.78 Å². The van der Waals surface area contributed by atoms with Crippen LogP contribution in [0.4, 0.5) is 32.2 Å². The fourth-order valence-corrected chi connectivity index (χ4v) is 3.15. The Morgan fingerprint density at radius 3 is 2.24 bits per heavy atom. The number of halogens is 6. The largest absolute Gasteiger partial charge is 0.515 e. The van der Waals surface area contributed by atoms with E-state index < -0.39 is 35.0 Å². The van der Waals surface area contributed by atoms with Crippen molar-refractivity contribution in [2.45, 2.75) is 25.8 Å². The molecule has 1 heterocycles. The lowest BCUT2D eigenvalue weighted by Gasteiger charge is -2.12. The second kappa shape index (κ2) is 8.60. The molecule has 0 fully saturated rings. The van der Waals surface area contributed by atoms with E-state index in [2.05, 4.69) is 10.4 Å². The third kappa shape index (κ3) is 4.99. The number of hydrogen-bond acceptors (Lipinski definition) is 4. The van der Waals surface area contributed by atoms with Crippen molar-refractivity contribution in [1.29, 1.82) is 5.41 Å². The number of nitrogens with one attached hydrogen (secondary N) is 2. The van der Waals surface area contributed by atoms with Crippen LogP contribution in [0.25, 0.3) is 10.9 Å². The molecule has 3 N–H and O–H groups in total. The van der Waals surface area contributed by atoms with Crippen molar-refractivity contribution < 1.29 is 36.2 Å². The highest BCUT2D eigenvalue weighted by Gasteiger charge is 2.35. The Kier molecular flexibility index (Phi) is 6.21. The Bertz CT molecular complexity index is 1240. The summed E-state index contributed by atoms with van der Waals surface area (Å²) in [4.78, 5) is 12.4. The van der Waals surface area contributed by atoms with Crippen molar-refractivity contribution in [2.75, 3.05) is 5.32 Å². The summed E-state index contributed by atoms with van der Waals surface area (Å²) >= 11 is 0. The molecule has 3 rings (SSSR count). The van der Waals surface area contributed by atoms with E-state index in [1.165, 1.54) is 13.0 Å². The van der Waals surface area contributed by atoms with E-state index in [1.807, 2.05) is 0 Å². The Morgan fingerprint density at radius 1 is 1.09 bits per heavy atom. The minimum atomic E-state index is -4.78. The van der Waals surface area contributed by atoms with Gasteiger partial charge in [0.2, 0.25) is 0 Å². The monoisotopic (exact) mass is 470 g/mol. The molecule has 12 heteroatoms. The second-order valence-electron chi connectivity index (χ2n) is 7.02. The van der Waals surface area contributed by atoms with Crippen LogP contribution < -0.4 is 5.32 Å². The molecule has 33 heavy (non-hydrogen) atoms. The number of aliphatic hydroxyl groups excluding tert-OH is 1. The van der Waals surface area contributed by atoms with Crippen LogP contribution in [-0.2, 0) is 23.7 Å². The van der Waals surface area contributed by atoms with Gasteiger partial charge in [-0.2, -0.15) is 31.4 Å². The number of carbonyl (C=O) groups excluding carboxylic acids is 1. The topological polar surface area (TPSA) is 91.0 Å². The number of para-hydroxylation sites is 1. The van der Waals surface area contributed by atoms with Gasteiger partial charge in [-0.3, -0.25) is 9.48 Å². The molecule has 0 aliphatic rings. The second-order valence-corrected chi connectivity index (χ2v) is 7.02. The molecule has 0 aliphatic carbocycles. The van der Waals surface area contributed by atoms with Crippen LogP contribution in [0.2, 0.25) is 0 Å². The van der Waals surface area contributed by atoms with Crippen molar-refractivity contribution in [2.24, 2.45) is 0 Å². The quantitative estimate of drug-likeness (QED) is 0.198. The molecule has 174 valence electrons. The number of carbonyl (C=O) groups is 1. The van der Waals surface area contributed by atoms with Crippen LogP contribution in [0.15, 0.2) is 54.3 Å². The van der Waals surface area contributed by atoms with Gasteiger partial charge < -0.3 is 15.8 Å². The SMILES string of the molecule is CC(=N)/C(=C\O)C(=O)Nc1nn(Cc2ccc(C(F)(F)F)cc2)c2c(C(F)(F)F)cccc12. The molecule has 0 unspecified atom stereocenters. The molecular formula is C21H16F6N4O2. The fraction of sp³-hybridized carbons (Fsp3) is 0.190. The highest BCUT2D eigenvalue weighted by molar-refractivity contribution is 6.24. The van der Waals surface area contributed by atoms with E-state index in [4.69, 9.17) is 5.41 Å². The number of anilines is 1. The molecule has 0 saturated carbocycles. The van der Waals surface area contributed by atoms with Gasteiger partial charge >= 0.3 is 12.4 Å². The summed E-state index contributed by atoms with van der Waals surface area (Å²) in [6.07, 6.45) is -8.95. The van der Waals surface area contributed by atoms with Gasteiger partial charge in [-0.05, 0) is 36.8 Å². The molecule has 3 aromatic rings. The molecule has 6 nitrogen and oxygen atoms in total. The summed E-state index contributed by atoms with van der Waals surface area (Å²) in [7, 11) is 0. The predicted octanol–water partition coefficient (Wildman–Crippen LogP) is 5.54. The van der Waals surface area contributed by atoms with Gasteiger partial charge in [0, 0.05) is 11.1 Å². The molecule has 0 radical (unpaired) electrons. The lowest BCUT2D eigenvalue weighted by Crippen LogP contribution is -2.19. The van der Waals surface area contributed by atoms with E-state index in [9.17, 15) is 36.2 Å². The summed E-state index contributed by atoms with van der Waals surface area (Å²) in [5.41, 5.74) is -2.83. The Hall–Kier alpha value is -3.83. The number of alkyl halides is 6. The average Bonchev–Trinajstić information content (AvgIpc) is 3.04. The van der Waals surface area contributed by atoms with Gasteiger partial charge in [0.1, 0.15) is 0 Å². The molecule has 0 aliphatic heterocycles. The lowest BCUT2D eigenvalue weighted by atomic mass is 10.1. The zero-order chi connectivity index (χ0) is 24.6. The van der Waals surface area contributed by atoms with Gasteiger partial charge in [0.25, 0.3) is 5.91 Å². The molecule has 0 bridgehead atoms. The van der Waals surface area contributed by atoms with E-state index in [0.29, 0.717) is 6.26 Å². The first-order chi connectivity index (χ1) is 15.3. The van der Waals surface area contributed by atoms with Crippen LogP contribution in [0.1, 0.15) is 23.6 Å². The number of fused-ring (bicyclic) bond motifs is 1. The zero-order valence-corrected chi connectivity index (χ0v) is 16.8. The number of rotatable bonds is 5. The summed E-state index contributed by atoms with van der Waals surface area (Å²) in [6.45, 7) is 0.911. The van der Waals surface area contributed by atoms with Crippen molar-refractivity contribution in [3.05, 3.63) is 71.0 Å². The van der Waals surface area contributed by atoms with Gasteiger partial charge in [0.05, 0.1) is 35.0 Å². The number of benzene rings is 2. The Morgan fingerprint density at radius 2 is 1.73 bits per heavy atom. The molecule has 1 aromatic heterocycles. The number of aromatic nitrogens is 2. The van der Waals surface area contributed by atoms with Crippen LogP contribution in [0.3, 0.4) is 0 Å². The standard InChI is InChI=1S/C21H16F6N4O2/c1-11(28)15(10-32)19(33)29-18-14-3-2-4-16(21(25,26)27)17(14)31(30-18)9-12-5-7-13(8-6-12)20(22,23)24/h2-8,10,28,32H,9H2,1H3,(H,29,30,33)/b15-10+,28-11?. The molecule has 2 aromatic carbocycles. The predicted molar refractivity (Wildman–Crippen MR) is 108 cm³/mol. The van der Waals surface area contributed by atoms with E-state index in [1.54, 1.807) is 0 Å². The molecule has 0 atom stereocenters. The maximum Gasteiger partial charge on any atom is 0.418 e. The van der Waals surface area contributed by atoms with Gasteiger partial charge in [-0.15, -0.1) is 0 Å². The minimum absolute atomic E-state index is 0.0787. The van der Waals surface area contributed by atoms with Crippen LogP contribution >= 0.6 is 0 Å². The average molecular weight is 470 g/mol. The Labute approximate surface area is 182 Å². The van der Waals surface area contributed by atoms with E-state index >= 15 is 0 Å². The van der Waals surface area contributed by atoms with Crippen molar-refractivity contribution in [3.63, 3.8) is 0 Å². The van der Waals surface area contributed by atoms with Gasteiger partial charge in [-0.25, -0.2) is 0 Å². The summed E-state index contributed by atoms with van der Waals surface area (Å²) in [5, 5.41) is 22.9. The first-order valence-electron chi connectivity index (χ1n) is 9.27. The smallest absolute Gasteiger partial charge is 0.418 e. The first-order valence-corrected chi connectivity index (χ1v) is 9.27.